The van der Waals surface area contributed by atoms with Gasteiger partial charge in [-0.2, -0.15) is 0 Å². The Labute approximate surface area is 181 Å². The summed E-state index contributed by atoms with van der Waals surface area (Å²) in [6, 6.07) is 6.26. The lowest BCUT2D eigenvalue weighted by Crippen LogP contribution is -2.44. The minimum absolute atomic E-state index is 0.0907. The number of hydrogen-bond acceptors (Lipinski definition) is 7. The quantitative estimate of drug-likeness (QED) is 0.648. The lowest BCUT2D eigenvalue weighted by molar-refractivity contribution is 0.00526. The van der Waals surface area contributed by atoms with Crippen LogP contribution in [0.2, 0.25) is 5.02 Å². The molecule has 0 radical (unpaired) electrons. The largest absolute Gasteiger partial charge is 0.388 e. The van der Waals surface area contributed by atoms with Crippen molar-refractivity contribution in [1.82, 2.24) is 15.3 Å². The summed E-state index contributed by atoms with van der Waals surface area (Å²) in [5.41, 5.74) is -0.0190. The number of aliphatic hydroxyl groups is 1. The van der Waals surface area contributed by atoms with Crippen LogP contribution in [-0.2, 0) is 9.84 Å². The van der Waals surface area contributed by atoms with Gasteiger partial charge in [-0.3, -0.25) is 4.79 Å². The molecule has 30 heavy (non-hydrogen) atoms. The van der Waals surface area contributed by atoms with E-state index in [0.29, 0.717) is 24.3 Å². The molecule has 1 aliphatic carbocycles. The maximum atomic E-state index is 12.7. The molecule has 1 fully saturated rings. The average molecular weight is 453 g/mol. The number of benzene rings is 1. The van der Waals surface area contributed by atoms with Gasteiger partial charge in [0.1, 0.15) is 12.1 Å². The lowest BCUT2D eigenvalue weighted by atomic mass is 9.85. The minimum Gasteiger partial charge on any atom is -0.388 e. The summed E-state index contributed by atoms with van der Waals surface area (Å²) < 4.78 is 23.5. The Morgan fingerprint density at radius 3 is 2.60 bits per heavy atom. The predicted molar refractivity (Wildman–Crippen MR) is 115 cm³/mol. The molecule has 2 N–H and O–H groups in total. The molecule has 1 saturated carbocycles. The summed E-state index contributed by atoms with van der Waals surface area (Å²) in [4.78, 5) is 22.3. The third-order valence-corrected chi connectivity index (χ3v) is 6.61. The first-order chi connectivity index (χ1) is 14.1. The molecule has 0 unspecified atom stereocenters. The highest BCUT2D eigenvalue weighted by molar-refractivity contribution is 7.90. The van der Waals surface area contributed by atoms with E-state index in [1.807, 2.05) is 0 Å². The topological polar surface area (TPSA) is 112 Å². The number of nitrogens with one attached hydrogen (secondary N) is 1. The molecule has 0 spiro atoms. The van der Waals surface area contributed by atoms with Crippen LogP contribution in [0, 0.1) is 0 Å². The Kier molecular flexibility index (Phi) is 6.64. The number of rotatable bonds is 6. The number of anilines is 2. The van der Waals surface area contributed by atoms with Gasteiger partial charge >= 0.3 is 0 Å². The highest BCUT2D eigenvalue weighted by atomic mass is 35.5. The second-order valence-electron chi connectivity index (χ2n) is 7.68. The lowest BCUT2D eigenvalue weighted by Gasteiger charge is -2.32. The molecule has 0 atom stereocenters. The van der Waals surface area contributed by atoms with Gasteiger partial charge in [0, 0.05) is 31.6 Å². The predicted octanol–water partition coefficient (Wildman–Crippen LogP) is 2.73. The van der Waals surface area contributed by atoms with Crippen LogP contribution in [0.5, 0.6) is 0 Å². The highest BCUT2D eigenvalue weighted by Gasteiger charge is 2.30. The molecule has 0 aliphatic heterocycles. The molecule has 1 amide bonds. The third-order valence-electron chi connectivity index (χ3n) is 5.30. The standard InChI is InChI=1S/C20H25ClN4O4S/c1-25(17-11-18(24-13-23-17)30(2,28)29)14-6-7-16(21)15(10-14)19(26)22-12-20(27)8-4-3-5-9-20/h6-7,10-11,13,27H,3-5,8-9,12H2,1-2H3,(H,22,26). The van der Waals surface area contributed by atoms with Crippen LogP contribution in [0.1, 0.15) is 42.5 Å². The van der Waals surface area contributed by atoms with E-state index in [0.717, 1.165) is 25.5 Å². The Balaban J connectivity index is 1.80. The van der Waals surface area contributed by atoms with Crippen molar-refractivity contribution in [3.8, 4) is 0 Å². The molecule has 0 saturated heterocycles. The van der Waals surface area contributed by atoms with E-state index >= 15 is 0 Å². The van der Waals surface area contributed by atoms with Crippen molar-refractivity contribution in [3.05, 3.63) is 41.2 Å². The van der Waals surface area contributed by atoms with Crippen LogP contribution in [0.4, 0.5) is 11.5 Å². The molecule has 3 rings (SSSR count). The zero-order chi connectivity index (χ0) is 21.9. The van der Waals surface area contributed by atoms with Gasteiger partial charge in [-0.1, -0.05) is 30.9 Å². The van der Waals surface area contributed by atoms with Crippen LogP contribution in [0.3, 0.4) is 0 Å². The maximum absolute atomic E-state index is 12.7. The van der Waals surface area contributed by atoms with Crippen molar-refractivity contribution in [2.75, 3.05) is 24.7 Å². The van der Waals surface area contributed by atoms with Gasteiger partial charge in [0.2, 0.25) is 0 Å². The molecule has 1 heterocycles. The SMILES string of the molecule is CN(c1ccc(Cl)c(C(=O)NCC2(O)CCCCC2)c1)c1cc(S(C)(=O)=O)ncn1. The zero-order valence-corrected chi connectivity index (χ0v) is 18.5. The van der Waals surface area contributed by atoms with E-state index in [9.17, 15) is 18.3 Å². The van der Waals surface area contributed by atoms with Gasteiger partial charge in [0.05, 0.1) is 16.2 Å². The molecular formula is C20H25ClN4O4S. The summed E-state index contributed by atoms with van der Waals surface area (Å²) in [6.07, 6.45) is 6.57. The molecule has 1 aliphatic rings. The van der Waals surface area contributed by atoms with Crippen LogP contribution in [0.25, 0.3) is 0 Å². The number of halogens is 1. The second kappa shape index (κ2) is 8.87. The summed E-state index contributed by atoms with van der Waals surface area (Å²) in [6.45, 7) is 0.172. The summed E-state index contributed by atoms with van der Waals surface area (Å²) in [5.74, 6) is -0.0237. The van der Waals surface area contributed by atoms with Crippen LogP contribution < -0.4 is 10.2 Å². The fourth-order valence-electron chi connectivity index (χ4n) is 3.47. The first kappa shape index (κ1) is 22.5. The van der Waals surface area contributed by atoms with Crippen molar-refractivity contribution >= 4 is 38.9 Å². The first-order valence-electron chi connectivity index (χ1n) is 9.65. The zero-order valence-electron chi connectivity index (χ0n) is 16.9. The number of carbonyl (C=O) groups is 1. The minimum atomic E-state index is -3.48. The Bertz CT molecular complexity index is 1040. The first-order valence-corrected chi connectivity index (χ1v) is 11.9. The van der Waals surface area contributed by atoms with Crippen LogP contribution in [-0.4, -0.2) is 54.8 Å². The Hall–Kier alpha value is -2.23. The number of sulfone groups is 1. The van der Waals surface area contributed by atoms with E-state index in [-0.39, 0.29) is 28.1 Å². The summed E-state index contributed by atoms with van der Waals surface area (Å²) in [7, 11) is -1.78. The Morgan fingerprint density at radius 1 is 1.23 bits per heavy atom. The molecule has 1 aromatic heterocycles. The van der Waals surface area contributed by atoms with Gasteiger partial charge in [-0.25, -0.2) is 18.4 Å². The second-order valence-corrected chi connectivity index (χ2v) is 10.0. The number of aromatic nitrogens is 2. The van der Waals surface area contributed by atoms with Gasteiger partial charge in [0.15, 0.2) is 14.9 Å². The van der Waals surface area contributed by atoms with E-state index in [1.165, 1.54) is 12.4 Å². The van der Waals surface area contributed by atoms with Gasteiger partial charge in [-0.05, 0) is 31.0 Å². The summed E-state index contributed by atoms with van der Waals surface area (Å²) >= 11 is 6.24. The number of nitrogens with zero attached hydrogens (tertiary/aromatic N) is 3. The van der Waals surface area contributed by atoms with Gasteiger partial charge < -0.3 is 15.3 Å². The van der Waals surface area contributed by atoms with Gasteiger partial charge in [-0.15, -0.1) is 0 Å². The summed E-state index contributed by atoms with van der Waals surface area (Å²) in [5, 5.41) is 13.6. The van der Waals surface area contributed by atoms with E-state index < -0.39 is 15.4 Å². The molecule has 0 bridgehead atoms. The molecule has 1 aromatic carbocycles. The van der Waals surface area contributed by atoms with E-state index in [4.69, 9.17) is 11.6 Å². The Morgan fingerprint density at radius 2 is 1.93 bits per heavy atom. The van der Waals surface area contributed by atoms with Crippen molar-refractivity contribution < 1.29 is 18.3 Å². The molecule has 10 heteroatoms. The van der Waals surface area contributed by atoms with Crippen molar-refractivity contribution in [1.29, 1.82) is 0 Å². The van der Waals surface area contributed by atoms with Crippen molar-refractivity contribution in [2.45, 2.75) is 42.7 Å². The van der Waals surface area contributed by atoms with Crippen molar-refractivity contribution in [3.63, 3.8) is 0 Å². The normalized spacial score (nSPS) is 16.1. The van der Waals surface area contributed by atoms with Crippen LogP contribution in [0.15, 0.2) is 35.6 Å². The number of hydrogen-bond donors (Lipinski definition) is 2. The maximum Gasteiger partial charge on any atom is 0.252 e. The molecular weight excluding hydrogens is 428 g/mol. The third kappa shape index (κ3) is 5.27. The molecule has 2 aromatic rings. The average Bonchev–Trinajstić information content (AvgIpc) is 2.72. The molecule has 8 nitrogen and oxygen atoms in total. The van der Waals surface area contributed by atoms with Gasteiger partial charge in [0.25, 0.3) is 5.91 Å². The monoisotopic (exact) mass is 452 g/mol. The molecule has 162 valence electrons. The van der Waals surface area contributed by atoms with E-state index in [1.54, 1.807) is 30.1 Å². The van der Waals surface area contributed by atoms with E-state index in [2.05, 4.69) is 15.3 Å². The highest BCUT2D eigenvalue weighted by Crippen LogP contribution is 2.29. The smallest absolute Gasteiger partial charge is 0.252 e. The number of amides is 1. The number of carbonyl (C=O) groups excluding carboxylic acids is 1. The fraction of sp³-hybridized carbons (Fsp3) is 0.450. The van der Waals surface area contributed by atoms with Crippen molar-refractivity contribution in [2.24, 2.45) is 0 Å². The fourth-order valence-corrected chi connectivity index (χ4v) is 4.23. The van der Waals surface area contributed by atoms with Crippen LogP contribution >= 0.6 is 11.6 Å².